The molecular formula is C10H22N2O4. The van der Waals surface area contributed by atoms with Crippen molar-refractivity contribution in [1.29, 1.82) is 0 Å². The lowest BCUT2D eigenvalue weighted by atomic mass is 10.1. The van der Waals surface area contributed by atoms with Gasteiger partial charge in [-0.1, -0.05) is 0 Å². The summed E-state index contributed by atoms with van der Waals surface area (Å²) in [5, 5.41) is 14.8. The molecule has 0 aromatic heterocycles. The van der Waals surface area contributed by atoms with Crippen LogP contribution in [0.15, 0.2) is 0 Å². The zero-order valence-corrected chi connectivity index (χ0v) is 10.5. The number of amides is 1. The molecule has 1 amide bonds. The van der Waals surface area contributed by atoms with Crippen molar-refractivity contribution in [2.45, 2.75) is 45.6 Å². The molecule has 6 heteroatoms. The van der Waals surface area contributed by atoms with Crippen molar-refractivity contribution in [2.75, 3.05) is 13.8 Å². The molecule has 0 aromatic carbocycles. The minimum Gasteiger partial charge on any atom is -0.442 e. The van der Waals surface area contributed by atoms with Gasteiger partial charge in [-0.25, -0.2) is 4.79 Å². The van der Waals surface area contributed by atoms with Crippen LogP contribution in [0.2, 0.25) is 0 Å². The highest BCUT2D eigenvalue weighted by atomic mass is 16.6. The molecule has 0 aliphatic heterocycles. The number of hydrogen-bond donors (Lipinski definition) is 3. The Kier molecular flexibility index (Phi) is 6.32. The monoisotopic (exact) mass is 234 g/mol. The van der Waals surface area contributed by atoms with Crippen LogP contribution in [0.4, 0.5) is 4.79 Å². The highest BCUT2D eigenvalue weighted by molar-refractivity contribution is 5.68. The lowest BCUT2D eigenvalue weighted by Gasteiger charge is -2.24. The molecule has 2 atom stereocenters. The Labute approximate surface area is 96.3 Å². The number of carbonyl (C=O) groups is 1. The predicted molar refractivity (Wildman–Crippen MR) is 59.9 cm³/mol. The van der Waals surface area contributed by atoms with E-state index in [9.17, 15) is 9.90 Å². The van der Waals surface area contributed by atoms with Crippen LogP contribution in [0.5, 0.6) is 0 Å². The molecule has 0 aliphatic carbocycles. The lowest BCUT2D eigenvalue weighted by molar-refractivity contribution is -0.0229. The summed E-state index contributed by atoms with van der Waals surface area (Å²) in [6, 6.07) is 0. The summed E-state index contributed by atoms with van der Waals surface area (Å²) in [6.45, 7) is 7.32. The van der Waals surface area contributed by atoms with Gasteiger partial charge in [-0.15, -0.1) is 0 Å². The molecule has 0 spiro atoms. The van der Waals surface area contributed by atoms with Crippen molar-refractivity contribution in [3.8, 4) is 0 Å². The smallest absolute Gasteiger partial charge is 0.407 e. The summed E-state index contributed by atoms with van der Waals surface area (Å²) in [5.41, 5.74) is -0.359. The maximum Gasteiger partial charge on any atom is 0.407 e. The van der Waals surface area contributed by atoms with Crippen molar-refractivity contribution in [3.05, 3.63) is 0 Å². The number of ether oxygens (including phenoxy) is 2. The van der Waals surface area contributed by atoms with Gasteiger partial charge in [-0.05, 0) is 27.7 Å². The molecule has 0 aromatic rings. The second-order valence-electron chi connectivity index (χ2n) is 4.57. The van der Waals surface area contributed by atoms with E-state index in [0.717, 1.165) is 0 Å². The first kappa shape index (κ1) is 15.2. The molecule has 2 unspecified atom stereocenters. The van der Waals surface area contributed by atoms with Crippen LogP contribution in [0.3, 0.4) is 0 Å². The van der Waals surface area contributed by atoms with Crippen molar-refractivity contribution in [3.63, 3.8) is 0 Å². The van der Waals surface area contributed by atoms with Gasteiger partial charge in [-0.3, -0.25) is 5.32 Å². The maximum atomic E-state index is 11.3. The Balaban J connectivity index is 3.94. The van der Waals surface area contributed by atoms with E-state index < -0.39 is 18.4 Å². The van der Waals surface area contributed by atoms with Crippen LogP contribution < -0.4 is 10.6 Å². The van der Waals surface area contributed by atoms with Gasteiger partial charge in [0.15, 0.2) is 0 Å². The van der Waals surface area contributed by atoms with Crippen LogP contribution in [-0.2, 0) is 9.47 Å². The molecule has 0 radical (unpaired) electrons. The van der Waals surface area contributed by atoms with Gasteiger partial charge >= 0.3 is 6.09 Å². The number of carbonyl (C=O) groups excluding carboxylic acids is 1. The summed E-state index contributed by atoms with van der Waals surface area (Å²) in [6.07, 6.45) is -2.17. The van der Waals surface area contributed by atoms with E-state index in [1.807, 2.05) is 20.8 Å². The number of rotatable bonds is 5. The Morgan fingerprint density at radius 1 is 1.44 bits per heavy atom. The van der Waals surface area contributed by atoms with Gasteiger partial charge in [-0.2, -0.15) is 0 Å². The summed E-state index contributed by atoms with van der Waals surface area (Å²) >= 11 is 0. The Hall–Kier alpha value is -0.850. The number of alkyl carbamates (subject to hydrolysis) is 1. The minimum absolute atomic E-state index is 0.190. The highest BCUT2D eigenvalue weighted by Crippen LogP contribution is 2.02. The third-order valence-corrected chi connectivity index (χ3v) is 1.65. The van der Waals surface area contributed by atoms with Gasteiger partial charge in [0.1, 0.15) is 12.3 Å². The lowest BCUT2D eigenvalue weighted by Crippen LogP contribution is -2.46. The quantitative estimate of drug-likeness (QED) is 0.600. The second kappa shape index (κ2) is 6.67. The molecule has 0 saturated carbocycles. The first-order valence-corrected chi connectivity index (χ1v) is 5.15. The molecule has 0 rings (SSSR count). The van der Waals surface area contributed by atoms with Crippen LogP contribution in [0, 0.1) is 0 Å². The zero-order valence-electron chi connectivity index (χ0n) is 10.5. The average Bonchev–Trinajstić information content (AvgIpc) is 2.10. The normalized spacial score (nSPS) is 15.4. The topological polar surface area (TPSA) is 79.8 Å². The fraction of sp³-hybridized carbons (Fsp3) is 0.900. The number of nitrogens with one attached hydrogen (secondary N) is 2. The number of hydrogen-bond acceptors (Lipinski definition) is 5. The number of aliphatic hydroxyl groups excluding tert-OH is 1. The van der Waals surface area contributed by atoms with Gasteiger partial charge in [0.2, 0.25) is 0 Å². The van der Waals surface area contributed by atoms with E-state index in [2.05, 4.69) is 10.6 Å². The first-order valence-electron chi connectivity index (χ1n) is 5.15. The molecule has 0 bridgehead atoms. The molecule has 96 valence electrons. The van der Waals surface area contributed by atoms with E-state index in [4.69, 9.17) is 9.47 Å². The average molecular weight is 234 g/mol. The number of aliphatic hydroxyl groups is 1. The van der Waals surface area contributed by atoms with Gasteiger partial charge in [0.25, 0.3) is 0 Å². The molecule has 16 heavy (non-hydrogen) atoms. The molecule has 0 heterocycles. The first-order chi connectivity index (χ1) is 7.26. The summed E-state index contributed by atoms with van der Waals surface area (Å²) in [5.74, 6) is 0. The fourth-order valence-electron chi connectivity index (χ4n) is 0.904. The maximum absolute atomic E-state index is 11.3. The van der Waals surface area contributed by atoms with Gasteiger partial charge < -0.3 is 19.9 Å². The Morgan fingerprint density at radius 3 is 2.44 bits per heavy atom. The van der Waals surface area contributed by atoms with E-state index >= 15 is 0 Å². The van der Waals surface area contributed by atoms with Crippen LogP contribution in [-0.4, -0.2) is 42.9 Å². The van der Waals surface area contributed by atoms with E-state index in [1.165, 1.54) is 7.11 Å². The van der Waals surface area contributed by atoms with Crippen molar-refractivity contribution in [1.82, 2.24) is 10.6 Å². The molecule has 0 aliphatic rings. The van der Waals surface area contributed by atoms with E-state index in [1.54, 1.807) is 6.92 Å². The summed E-state index contributed by atoms with van der Waals surface area (Å²) in [4.78, 5) is 11.3. The predicted octanol–water partition coefficient (Wildman–Crippen LogP) is 0.411. The Bertz CT molecular complexity index is 215. The highest BCUT2D eigenvalue weighted by Gasteiger charge is 2.20. The van der Waals surface area contributed by atoms with E-state index in [0.29, 0.717) is 0 Å². The molecule has 0 fully saturated rings. The Morgan fingerprint density at radius 2 is 2.00 bits per heavy atom. The molecule has 3 N–H and O–H groups in total. The van der Waals surface area contributed by atoms with Crippen LogP contribution >= 0.6 is 0 Å². The SMILES string of the molecule is COCNC(O)C(C)OC(=O)NC(C)(C)C. The van der Waals surface area contributed by atoms with Crippen molar-refractivity contribution in [2.24, 2.45) is 0 Å². The molecule has 6 nitrogen and oxygen atoms in total. The van der Waals surface area contributed by atoms with Crippen LogP contribution in [0.25, 0.3) is 0 Å². The zero-order chi connectivity index (χ0) is 12.8. The molecule has 0 saturated heterocycles. The fourth-order valence-corrected chi connectivity index (χ4v) is 0.904. The second-order valence-corrected chi connectivity index (χ2v) is 4.57. The van der Waals surface area contributed by atoms with E-state index in [-0.39, 0.29) is 12.3 Å². The number of methoxy groups -OCH3 is 1. The standard InChI is InChI=1S/C10H22N2O4/c1-7(8(13)11-6-15-5)16-9(14)12-10(2,3)4/h7-8,11,13H,6H2,1-5H3,(H,12,14). The van der Waals surface area contributed by atoms with Gasteiger partial charge in [0.05, 0.1) is 6.73 Å². The minimum atomic E-state index is -0.953. The third kappa shape index (κ3) is 7.44. The largest absolute Gasteiger partial charge is 0.442 e. The summed E-state index contributed by atoms with van der Waals surface area (Å²) in [7, 11) is 1.50. The van der Waals surface area contributed by atoms with Crippen molar-refractivity contribution < 1.29 is 19.4 Å². The van der Waals surface area contributed by atoms with Crippen LogP contribution in [0.1, 0.15) is 27.7 Å². The van der Waals surface area contributed by atoms with Gasteiger partial charge in [0, 0.05) is 12.6 Å². The summed E-state index contributed by atoms with van der Waals surface area (Å²) < 4.78 is 9.69. The molecular weight excluding hydrogens is 212 g/mol. The third-order valence-electron chi connectivity index (χ3n) is 1.65. The van der Waals surface area contributed by atoms with Crippen molar-refractivity contribution >= 4 is 6.09 Å².